The van der Waals surface area contributed by atoms with Crippen molar-refractivity contribution in [1.82, 2.24) is 0 Å². The minimum absolute atomic E-state index is 0.559. The predicted octanol–water partition coefficient (Wildman–Crippen LogP) is 3.03. The van der Waals surface area contributed by atoms with Gasteiger partial charge in [-0.3, -0.25) is 0 Å². The number of hydrogen-bond acceptors (Lipinski definition) is 3. The van der Waals surface area contributed by atoms with E-state index in [-0.39, 0.29) is 0 Å². The second kappa shape index (κ2) is 5.19. The summed E-state index contributed by atoms with van der Waals surface area (Å²) in [6.45, 7) is 0.756. The topological polar surface area (TPSA) is 72.5 Å². The molecule has 0 bridgehead atoms. The maximum atomic E-state index is 10.6. The monoisotopic (exact) mass is 273 g/mol. The van der Waals surface area contributed by atoms with Crippen LogP contribution in [0.4, 0.5) is 5.69 Å². The van der Waals surface area contributed by atoms with E-state index in [1.54, 1.807) is 0 Å². The molecule has 1 aromatic carbocycles. The number of rotatable bonds is 6. The molecule has 2 aliphatic rings. The first-order valence-electron chi connectivity index (χ1n) is 7.10. The standard InChI is InChI=1S/C16H19NO3/c17-14-8-13(11-3-4-11)15(20-9-10-1-2-10)7-12(14)5-6-16(18)19/h5-8,10-11H,1-4,9,17H2,(H,18,19)/b6-5+. The molecule has 0 aliphatic heterocycles. The number of carboxylic acids is 1. The van der Waals surface area contributed by atoms with Gasteiger partial charge in [-0.1, -0.05) is 0 Å². The Morgan fingerprint density at radius 1 is 1.35 bits per heavy atom. The van der Waals surface area contributed by atoms with Crippen molar-refractivity contribution in [2.24, 2.45) is 5.92 Å². The molecule has 0 heterocycles. The van der Waals surface area contributed by atoms with E-state index in [1.165, 1.54) is 37.3 Å². The molecule has 0 unspecified atom stereocenters. The highest BCUT2D eigenvalue weighted by molar-refractivity contribution is 5.87. The predicted molar refractivity (Wildman–Crippen MR) is 77.7 cm³/mol. The van der Waals surface area contributed by atoms with Gasteiger partial charge in [0.1, 0.15) is 5.75 Å². The van der Waals surface area contributed by atoms with Crippen molar-refractivity contribution in [1.29, 1.82) is 0 Å². The summed E-state index contributed by atoms with van der Waals surface area (Å²) < 4.78 is 5.93. The first-order valence-corrected chi connectivity index (χ1v) is 7.10. The van der Waals surface area contributed by atoms with Crippen LogP contribution in [0.2, 0.25) is 0 Å². The fourth-order valence-electron chi connectivity index (χ4n) is 2.27. The Kier molecular flexibility index (Phi) is 3.38. The molecule has 3 rings (SSSR count). The molecule has 20 heavy (non-hydrogen) atoms. The van der Waals surface area contributed by atoms with E-state index in [2.05, 4.69) is 0 Å². The van der Waals surface area contributed by atoms with Crippen molar-refractivity contribution in [2.45, 2.75) is 31.6 Å². The van der Waals surface area contributed by atoms with Gasteiger partial charge in [-0.05, 0) is 61.3 Å². The average Bonchev–Trinajstić information content (AvgIpc) is 3.27. The zero-order valence-corrected chi connectivity index (χ0v) is 11.3. The van der Waals surface area contributed by atoms with E-state index in [9.17, 15) is 4.79 Å². The van der Waals surface area contributed by atoms with Crippen molar-refractivity contribution in [3.05, 3.63) is 29.3 Å². The summed E-state index contributed by atoms with van der Waals surface area (Å²) in [5, 5.41) is 8.71. The van der Waals surface area contributed by atoms with Gasteiger partial charge < -0.3 is 15.6 Å². The maximum absolute atomic E-state index is 10.6. The molecular formula is C16H19NO3. The number of benzene rings is 1. The van der Waals surface area contributed by atoms with Crippen molar-refractivity contribution in [3.8, 4) is 5.75 Å². The van der Waals surface area contributed by atoms with Crippen LogP contribution < -0.4 is 10.5 Å². The van der Waals surface area contributed by atoms with Crippen LogP contribution in [0.3, 0.4) is 0 Å². The number of ether oxygens (including phenoxy) is 1. The zero-order valence-electron chi connectivity index (χ0n) is 11.3. The summed E-state index contributed by atoms with van der Waals surface area (Å²) in [5.74, 6) is 1.15. The number of nitrogens with two attached hydrogens (primary N) is 1. The number of carbonyl (C=O) groups is 1. The molecule has 0 atom stereocenters. The van der Waals surface area contributed by atoms with Gasteiger partial charge in [0.25, 0.3) is 0 Å². The molecule has 2 fully saturated rings. The van der Waals surface area contributed by atoms with Crippen molar-refractivity contribution in [3.63, 3.8) is 0 Å². The van der Waals surface area contributed by atoms with Gasteiger partial charge in [-0.2, -0.15) is 0 Å². The van der Waals surface area contributed by atoms with Crippen LogP contribution in [0, 0.1) is 5.92 Å². The number of carboxylic acid groups (broad SMARTS) is 1. The molecule has 2 aliphatic carbocycles. The van der Waals surface area contributed by atoms with E-state index < -0.39 is 5.97 Å². The van der Waals surface area contributed by atoms with Gasteiger partial charge in [0, 0.05) is 17.3 Å². The highest BCUT2D eigenvalue weighted by Crippen LogP contribution is 2.46. The first-order chi connectivity index (χ1) is 9.63. The van der Waals surface area contributed by atoms with E-state index in [4.69, 9.17) is 15.6 Å². The van der Waals surface area contributed by atoms with Gasteiger partial charge in [0.15, 0.2) is 0 Å². The summed E-state index contributed by atoms with van der Waals surface area (Å²) >= 11 is 0. The van der Waals surface area contributed by atoms with Crippen LogP contribution in [0.1, 0.15) is 42.7 Å². The van der Waals surface area contributed by atoms with Crippen molar-refractivity contribution < 1.29 is 14.6 Å². The minimum Gasteiger partial charge on any atom is -0.493 e. The summed E-state index contributed by atoms with van der Waals surface area (Å²) in [5.41, 5.74) is 8.51. The van der Waals surface area contributed by atoms with Crippen LogP contribution >= 0.6 is 0 Å². The molecule has 0 saturated heterocycles. The molecule has 0 spiro atoms. The Hall–Kier alpha value is -1.97. The minimum atomic E-state index is -0.976. The summed E-state index contributed by atoms with van der Waals surface area (Å²) in [7, 11) is 0. The molecular weight excluding hydrogens is 254 g/mol. The van der Waals surface area contributed by atoms with Crippen LogP contribution in [-0.2, 0) is 4.79 Å². The highest BCUT2D eigenvalue weighted by Gasteiger charge is 2.29. The third kappa shape index (κ3) is 3.13. The second-order valence-corrected chi connectivity index (χ2v) is 5.72. The first kappa shape index (κ1) is 13.0. The fraction of sp³-hybridized carbons (Fsp3) is 0.438. The van der Waals surface area contributed by atoms with Crippen molar-refractivity contribution in [2.75, 3.05) is 12.3 Å². The second-order valence-electron chi connectivity index (χ2n) is 5.72. The Balaban J connectivity index is 1.86. The number of anilines is 1. The fourth-order valence-corrected chi connectivity index (χ4v) is 2.27. The molecule has 106 valence electrons. The summed E-state index contributed by atoms with van der Waals surface area (Å²) in [6, 6.07) is 3.83. The van der Waals surface area contributed by atoms with Crippen LogP contribution in [0.15, 0.2) is 18.2 Å². The molecule has 2 saturated carbocycles. The van der Waals surface area contributed by atoms with Gasteiger partial charge in [0.05, 0.1) is 6.61 Å². The molecule has 0 radical (unpaired) electrons. The van der Waals surface area contributed by atoms with E-state index in [0.717, 1.165) is 18.4 Å². The van der Waals surface area contributed by atoms with Crippen LogP contribution in [-0.4, -0.2) is 17.7 Å². The SMILES string of the molecule is Nc1cc(C2CC2)c(OCC2CC2)cc1/C=C/C(=O)O. The van der Waals surface area contributed by atoms with Crippen LogP contribution in [0.25, 0.3) is 6.08 Å². The maximum Gasteiger partial charge on any atom is 0.328 e. The molecule has 4 nitrogen and oxygen atoms in total. The van der Waals surface area contributed by atoms with E-state index >= 15 is 0 Å². The Morgan fingerprint density at radius 2 is 2.10 bits per heavy atom. The Labute approximate surface area is 118 Å². The quantitative estimate of drug-likeness (QED) is 0.617. The molecule has 0 amide bonds. The molecule has 4 heteroatoms. The molecule has 3 N–H and O–H groups in total. The number of hydrogen-bond donors (Lipinski definition) is 2. The van der Waals surface area contributed by atoms with Gasteiger partial charge in [-0.25, -0.2) is 4.79 Å². The van der Waals surface area contributed by atoms with E-state index in [1.807, 2.05) is 12.1 Å². The average molecular weight is 273 g/mol. The third-order valence-electron chi connectivity index (χ3n) is 3.81. The smallest absolute Gasteiger partial charge is 0.328 e. The lowest BCUT2D eigenvalue weighted by Gasteiger charge is -2.13. The summed E-state index contributed by atoms with van der Waals surface area (Å²) in [4.78, 5) is 10.6. The summed E-state index contributed by atoms with van der Waals surface area (Å²) in [6.07, 6.45) is 7.50. The lowest BCUT2D eigenvalue weighted by molar-refractivity contribution is -0.131. The lowest BCUT2D eigenvalue weighted by atomic mass is 10.0. The van der Waals surface area contributed by atoms with Gasteiger partial charge in [-0.15, -0.1) is 0 Å². The lowest BCUT2D eigenvalue weighted by Crippen LogP contribution is -2.03. The Bertz CT molecular complexity index is 557. The Morgan fingerprint density at radius 3 is 2.70 bits per heavy atom. The molecule has 1 aromatic rings. The van der Waals surface area contributed by atoms with Gasteiger partial charge in [0.2, 0.25) is 0 Å². The van der Waals surface area contributed by atoms with E-state index in [0.29, 0.717) is 23.1 Å². The molecule has 0 aromatic heterocycles. The largest absolute Gasteiger partial charge is 0.493 e. The zero-order chi connectivity index (χ0) is 14.1. The third-order valence-corrected chi connectivity index (χ3v) is 3.81. The normalized spacial score (nSPS) is 18.4. The number of nitrogen functional groups attached to an aromatic ring is 1. The number of aliphatic carboxylic acids is 1. The highest BCUT2D eigenvalue weighted by atomic mass is 16.5. The van der Waals surface area contributed by atoms with Crippen molar-refractivity contribution >= 4 is 17.7 Å². The van der Waals surface area contributed by atoms with Gasteiger partial charge >= 0.3 is 5.97 Å². The van der Waals surface area contributed by atoms with Crippen LogP contribution in [0.5, 0.6) is 5.75 Å².